The molecule has 1 aliphatic rings. The third kappa shape index (κ3) is 5.30. The number of methoxy groups -OCH3 is 1. The normalized spacial score (nSPS) is 21.9. The summed E-state index contributed by atoms with van der Waals surface area (Å²) in [6, 6.07) is 8.19. The van der Waals surface area contributed by atoms with Gasteiger partial charge in [0.25, 0.3) is 0 Å². The van der Waals surface area contributed by atoms with Crippen LogP contribution in [0.1, 0.15) is 24.8 Å². The lowest BCUT2D eigenvalue weighted by Crippen LogP contribution is -2.29. The van der Waals surface area contributed by atoms with Crippen LogP contribution < -0.4 is 4.74 Å². The summed E-state index contributed by atoms with van der Waals surface area (Å²) >= 11 is 0. The average Bonchev–Trinajstić information content (AvgIpc) is 2.85. The van der Waals surface area contributed by atoms with Crippen molar-refractivity contribution in [3.05, 3.63) is 29.8 Å². The van der Waals surface area contributed by atoms with E-state index in [4.69, 9.17) is 9.47 Å². The maximum Gasteiger partial charge on any atom is 0.119 e. The van der Waals surface area contributed by atoms with E-state index in [9.17, 15) is 5.11 Å². The predicted molar refractivity (Wildman–Crippen MR) is 83.5 cm³/mol. The second-order valence-corrected chi connectivity index (χ2v) is 5.94. The summed E-state index contributed by atoms with van der Waals surface area (Å²) in [5.74, 6) is 1.31. The minimum absolute atomic E-state index is 0.115. The van der Waals surface area contributed by atoms with Gasteiger partial charge in [-0.25, -0.2) is 0 Å². The van der Waals surface area contributed by atoms with E-state index in [1.54, 1.807) is 7.11 Å². The van der Waals surface area contributed by atoms with Crippen molar-refractivity contribution >= 4 is 0 Å². The summed E-state index contributed by atoms with van der Waals surface area (Å²) in [5.41, 5.74) is 1.24. The quantitative estimate of drug-likeness (QED) is 0.747. The van der Waals surface area contributed by atoms with E-state index >= 15 is 0 Å². The number of aliphatic hydroxyl groups excluding tert-OH is 1. The molecule has 0 saturated heterocycles. The van der Waals surface area contributed by atoms with E-state index in [2.05, 4.69) is 24.1 Å². The van der Waals surface area contributed by atoms with E-state index < -0.39 is 0 Å². The zero-order valence-electron chi connectivity index (χ0n) is 13.1. The summed E-state index contributed by atoms with van der Waals surface area (Å²) < 4.78 is 10.6. The lowest BCUT2D eigenvalue weighted by molar-refractivity contribution is 0.108. The Hall–Kier alpha value is -1.10. The molecule has 0 amide bonds. The molecule has 2 rings (SSSR count). The fraction of sp³-hybridized carbons (Fsp3) is 0.647. The van der Waals surface area contributed by atoms with Crippen molar-refractivity contribution in [1.82, 2.24) is 4.90 Å². The van der Waals surface area contributed by atoms with E-state index in [0.717, 1.165) is 38.1 Å². The molecule has 0 radical (unpaired) electrons. The standard InChI is InChI=1S/C17H27NO3/c1-18(13-15-6-4-8-17(15)19)12-14-5-3-7-16(11-14)21-10-9-20-2/h3,5,7,11,15,17,19H,4,6,8-10,12-13H2,1-2H3. The molecule has 1 fully saturated rings. The van der Waals surface area contributed by atoms with Crippen LogP contribution in [-0.4, -0.2) is 50.0 Å². The lowest BCUT2D eigenvalue weighted by atomic mass is 10.1. The van der Waals surface area contributed by atoms with Gasteiger partial charge in [0.2, 0.25) is 0 Å². The fourth-order valence-electron chi connectivity index (χ4n) is 2.98. The van der Waals surface area contributed by atoms with E-state index in [1.807, 2.05) is 12.1 Å². The molecule has 2 unspecified atom stereocenters. The third-order valence-corrected chi connectivity index (χ3v) is 4.07. The summed E-state index contributed by atoms with van der Waals surface area (Å²) in [5, 5.41) is 9.91. The van der Waals surface area contributed by atoms with Crippen LogP contribution in [0.4, 0.5) is 0 Å². The van der Waals surface area contributed by atoms with Crippen LogP contribution in [0.3, 0.4) is 0 Å². The number of aliphatic hydroxyl groups is 1. The van der Waals surface area contributed by atoms with E-state index in [-0.39, 0.29) is 6.10 Å². The zero-order valence-corrected chi connectivity index (χ0v) is 13.1. The van der Waals surface area contributed by atoms with Gasteiger partial charge in [0.15, 0.2) is 0 Å². The molecule has 118 valence electrons. The molecule has 1 aromatic carbocycles. The highest BCUT2D eigenvalue weighted by atomic mass is 16.5. The summed E-state index contributed by atoms with van der Waals surface area (Å²) in [6.07, 6.45) is 3.14. The van der Waals surface area contributed by atoms with Crippen LogP contribution in [0, 0.1) is 5.92 Å². The maximum atomic E-state index is 9.91. The Morgan fingerprint density at radius 2 is 2.14 bits per heavy atom. The molecule has 1 saturated carbocycles. The molecule has 1 N–H and O–H groups in total. The smallest absolute Gasteiger partial charge is 0.119 e. The number of benzene rings is 1. The van der Waals surface area contributed by atoms with Crippen LogP contribution in [0.15, 0.2) is 24.3 Å². The molecule has 21 heavy (non-hydrogen) atoms. The Bertz CT molecular complexity index is 424. The minimum Gasteiger partial charge on any atom is -0.491 e. The van der Waals surface area contributed by atoms with Gasteiger partial charge in [-0.3, -0.25) is 0 Å². The van der Waals surface area contributed by atoms with Gasteiger partial charge in [0.1, 0.15) is 12.4 Å². The number of ether oxygens (including phenoxy) is 2. The van der Waals surface area contributed by atoms with Crippen molar-refractivity contribution in [2.75, 3.05) is 33.9 Å². The molecule has 1 aliphatic carbocycles. The molecule has 0 heterocycles. The molecular weight excluding hydrogens is 266 g/mol. The van der Waals surface area contributed by atoms with Gasteiger partial charge < -0.3 is 19.5 Å². The molecule has 1 aromatic rings. The van der Waals surface area contributed by atoms with Gasteiger partial charge in [0.05, 0.1) is 12.7 Å². The molecule has 2 atom stereocenters. The highest BCUT2D eigenvalue weighted by Gasteiger charge is 2.25. The average molecular weight is 293 g/mol. The highest BCUT2D eigenvalue weighted by Crippen LogP contribution is 2.26. The van der Waals surface area contributed by atoms with E-state index in [1.165, 1.54) is 5.56 Å². The Balaban J connectivity index is 1.82. The molecular formula is C17H27NO3. The van der Waals surface area contributed by atoms with Crippen molar-refractivity contribution in [3.63, 3.8) is 0 Å². The SMILES string of the molecule is COCCOc1cccc(CN(C)CC2CCCC2O)c1. The topological polar surface area (TPSA) is 41.9 Å². The lowest BCUT2D eigenvalue weighted by Gasteiger charge is -2.23. The first-order valence-corrected chi connectivity index (χ1v) is 7.76. The zero-order chi connectivity index (χ0) is 15.1. The third-order valence-electron chi connectivity index (χ3n) is 4.07. The molecule has 0 aliphatic heterocycles. The summed E-state index contributed by atoms with van der Waals surface area (Å²) in [6.45, 7) is 3.01. The second kappa shape index (κ2) is 8.37. The molecule has 4 nitrogen and oxygen atoms in total. The Labute approximate surface area is 127 Å². The van der Waals surface area contributed by atoms with Crippen molar-refractivity contribution in [2.24, 2.45) is 5.92 Å². The van der Waals surface area contributed by atoms with Crippen molar-refractivity contribution in [2.45, 2.75) is 31.9 Å². The van der Waals surface area contributed by atoms with Gasteiger partial charge in [-0.05, 0) is 43.5 Å². The molecule has 4 heteroatoms. The fourth-order valence-corrected chi connectivity index (χ4v) is 2.98. The minimum atomic E-state index is -0.115. The largest absolute Gasteiger partial charge is 0.491 e. The first-order valence-electron chi connectivity index (χ1n) is 7.76. The first kappa shape index (κ1) is 16.3. The number of hydrogen-bond donors (Lipinski definition) is 1. The maximum absolute atomic E-state index is 9.91. The van der Waals surface area contributed by atoms with Gasteiger partial charge >= 0.3 is 0 Å². The van der Waals surface area contributed by atoms with Crippen LogP contribution >= 0.6 is 0 Å². The monoisotopic (exact) mass is 293 g/mol. The highest BCUT2D eigenvalue weighted by molar-refractivity contribution is 5.28. The van der Waals surface area contributed by atoms with Crippen molar-refractivity contribution in [1.29, 1.82) is 0 Å². The van der Waals surface area contributed by atoms with Crippen molar-refractivity contribution in [3.8, 4) is 5.75 Å². The van der Waals surface area contributed by atoms with Crippen LogP contribution in [0.2, 0.25) is 0 Å². The van der Waals surface area contributed by atoms with Crippen LogP contribution in [-0.2, 0) is 11.3 Å². The van der Waals surface area contributed by atoms with E-state index in [0.29, 0.717) is 19.1 Å². The Kier molecular flexibility index (Phi) is 6.49. The van der Waals surface area contributed by atoms with Crippen LogP contribution in [0.25, 0.3) is 0 Å². The summed E-state index contributed by atoms with van der Waals surface area (Å²) in [7, 11) is 3.79. The molecule has 0 spiro atoms. The molecule has 0 aromatic heterocycles. The van der Waals surface area contributed by atoms with Gasteiger partial charge in [0, 0.05) is 20.2 Å². The van der Waals surface area contributed by atoms with Gasteiger partial charge in [-0.1, -0.05) is 18.6 Å². The number of rotatable bonds is 8. The Morgan fingerprint density at radius 1 is 1.29 bits per heavy atom. The second-order valence-electron chi connectivity index (χ2n) is 5.94. The van der Waals surface area contributed by atoms with Gasteiger partial charge in [-0.15, -0.1) is 0 Å². The van der Waals surface area contributed by atoms with Gasteiger partial charge in [-0.2, -0.15) is 0 Å². The Morgan fingerprint density at radius 3 is 2.86 bits per heavy atom. The summed E-state index contributed by atoms with van der Waals surface area (Å²) in [4.78, 5) is 2.29. The number of hydrogen-bond acceptors (Lipinski definition) is 4. The van der Waals surface area contributed by atoms with Crippen LogP contribution in [0.5, 0.6) is 5.75 Å². The van der Waals surface area contributed by atoms with Crippen molar-refractivity contribution < 1.29 is 14.6 Å². The predicted octanol–water partition coefficient (Wildman–Crippen LogP) is 2.30. The number of nitrogens with zero attached hydrogens (tertiary/aromatic N) is 1. The molecule has 0 bridgehead atoms. The first-order chi connectivity index (χ1) is 10.2.